The fraction of sp³-hybridized carbons (Fsp3) is 0.500. The van der Waals surface area contributed by atoms with Gasteiger partial charge in [0.2, 0.25) is 0 Å². The van der Waals surface area contributed by atoms with Crippen molar-refractivity contribution in [2.75, 3.05) is 5.73 Å². The van der Waals surface area contributed by atoms with Crippen molar-refractivity contribution in [3.8, 4) is 0 Å². The Kier molecular flexibility index (Phi) is 2.30. The van der Waals surface area contributed by atoms with Crippen molar-refractivity contribution in [2.45, 2.75) is 32.4 Å². The number of hydrogen-bond acceptors (Lipinski definition) is 3. The summed E-state index contributed by atoms with van der Waals surface area (Å²) < 4.78 is 0. The molecular formula is C12H14ClN3O. The summed E-state index contributed by atoms with van der Waals surface area (Å²) in [6, 6.07) is 2.03. The number of anilines is 1. The SMILES string of the molecule is C[C@@H](C1CC1)N1Cc2cc(Cl)nc(N)c2C1=O. The summed E-state index contributed by atoms with van der Waals surface area (Å²) in [7, 11) is 0. The molecule has 0 unspecified atom stereocenters. The maximum Gasteiger partial charge on any atom is 0.258 e. The molecule has 1 aliphatic heterocycles. The van der Waals surface area contributed by atoms with Crippen LogP contribution in [0.1, 0.15) is 35.7 Å². The molecule has 0 bridgehead atoms. The monoisotopic (exact) mass is 251 g/mol. The number of nitrogen functional groups attached to an aromatic ring is 1. The summed E-state index contributed by atoms with van der Waals surface area (Å²) in [6.45, 7) is 2.71. The van der Waals surface area contributed by atoms with Crippen LogP contribution in [0.5, 0.6) is 0 Å². The zero-order valence-electron chi connectivity index (χ0n) is 9.61. The highest BCUT2D eigenvalue weighted by Crippen LogP contribution is 2.39. The van der Waals surface area contributed by atoms with E-state index in [1.807, 2.05) is 4.90 Å². The van der Waals surface area contributed by atoms with E-state index in [9.17, 15) is 4.79 Å². The van der Waals surface area contributed by atoms with E-state index in [1.54, 1.807) is 6.07 Å². The van der Waals surface area contributed by atoms with Crippen LogP contribution in [-0.2, 0) is 6.54 Å². The Morgan fingerprint density at radius 2 is 2.29 bits per heavy atom. The van der Waals surface area contributed by atoms with Crippen molar-refractivity contribution < 1.29 is 4.79 Å². The lowest BCUT2D eigenvalue weighted by molar-refractivity contribution is 0.0698. The van der Waals surface area contributed by atoms with Crippen molar-refractivity contribution in [1.29, 1.82) is 0 Å². The summed E-state index contributed by atoms with van der Waals surface area (Å²) in [4.78, 5) is 18.1. The predicted octanol–water partition coefficient (Wildman–Crippen LogP) is 2.07. The second-order valence-electron chi connectivity index (χ2n) is 4.88. The molecule has 1 aromatic rings. The van der Waals surface area contributed by atoms with E-state index in [1.165, 1.54) is 12.8 Å². The van der Waals surface area contributed by atoms with Gasteiger partial charge in [0.25, 0.3) is 5.91 Å². The minimum absolute atomic E-state index is 0.000988. The number of halogens is 1. The first-order valence-corrected chi connectivity index (χ1v) is 6.21. The lowest BCUT2D eigenvalue weighted by atomic mass is 10.1. The van der Waals surface area contributed by atoms with Crippen molar-refractivity contribution in [3.63, 3.8) is 0 Å². The van der Waals surface area contributed by atoms with Gasteiger partial charge in [0.05, 0.1) is 5.56 Å². The summed E-state index contributed by atoms with van der Waals surface area (Å²) >= 11 is 5.86. The van der Waals surface area contributed by atoms with Crippen molar-refractivity contribution in [1.82, 2.24) is 9.88 Å². The molecule has 17 heavy (non-hydrogen) atoms. The largest absolute Gasteiger partial charge is 0.383 e. The smallest absolute Gasteiger partial charge is 0.258 e. The van der Waals surface area contributed by atoms with Crippen molar-refractivity contribution >= 4 is 23.3 Å². The van der Waals surface area contributed by atoms with E-state index >= 15 is 0 Å². The molecule has 1 atom stereocenters. The number of amides is 1. The molecule has 4 nitrogen and oxygen atoms in total. The predicted molar refractivity (Wildman–Crippen MR) is 65.7 cm³/mol. The lowest BCUT2D eigenvalue weighted by Crippen LogP contribution is -2.34. The first kappa shape index (κ1) is 10.8. The quantitative estimate of drug-likeness (QED) is 0.819. The summed E-state index contributed by atoms with van der Waals surface area (Å²) in [5.41, 5.74) is 7.22. The molecule has 2 N–H and O–H groups in total. The summed E-state index contributed by atoms with van der Waals surface area (Å²) in [6.07, 6.45) is 2.44. The van der Waals surface area contributed by atoms with Crippen LogP contribution in [0.25, 0.3) is 0 Å². The van der Waals surface area contributed by atoms with Crippen LogP contribution in [0.4, 0.5) is 5.82 Å². The van der Waals surface area contributed by atoms with E-state index < -0.39 is 0 Å². The first-order chi connectivity index (χ1) is 8.08. The molecule has 2 heterocycles. The van der Waals surface area contributed by atoms with Crippen LogP contribution in [0, 0.1) is 5.92 Å². The van der Waals surface area contributed by atoms with Gasteiger partial charge in [-0.05, 0) is 37.3 Å². The molecule has 0 aromatic carbocycles. The van der Waals surface area contributed by atoms with Gasteiger partial charge in [-0.15, -0.1) is 0 Å². The maximum atomic E-state index is 12.3. The van der Waals surface area contributed by atoms with Gasteiger partial charge in [0.15, 0.2) is 0 Å². The van der Waals surface area contributed by atoms with Gasteiger partial charge in [-0.3, -0.25) is 4.79 Å². The Morgan fingerprint density at radius 3 is 2.94 bits per heavy atom. The Hall–Kier alpha value is -1.29. The normalized spacial score (nSPS) is 20.6. The summed E-state index contributed by atoms with van der Waals surface area (Å²) in [5.74, 6) is 0.905. The third-order valence-corrected chi connectivity index (χ3v) is 3.90. The maximum absolute atomic E-state index is 12.3. The molecule has 90 valence electrons. The molecule has 1 saturated carbocycles. The zero-order valence-corrected chi connectivity index (χ0v) is 10.4. The van der Waals surface area contributed by atoms with Gasteiger partial charge in [-0.1, -0.05) is 11.6 Å². The highest BCUT2D eigenvalue weighted by atomic mass is 35.5. The highest BCUT2D eigenvalue weighted by Gasteiger charge is 2.39. The number of hydrogen-bond donors (Lipinski definition) is 1. The average Bonchev–Trinajstić information content (AvgIpc) is 3.03. The van der Waals surface area contributed by atoms with Crippen LogP contribution in [0.2, 0.25) is 5.15 Å². The topological polar surface area (TPSA) is 59.2 Å². The van der Waals surface area contributed by atoms with Crippen LogP contribution in [-0.4, -0.2) is 21.8 Å². The fourth-order valence-corrected chi connectivity index (χ4v) is 2.74. The van der Waals surface area contributed by atoms with Gasteiger partial charge in [0.1, 0.15) is 11.0 Å². The van der Waals surface area contributed by atoms with Crippen molar-refractivity contribution in [2.24, 2.45) is 5.92 Å². The molecular weight excluding hydrogens is 238 g/mol. The number of rotatable bonds is 2. The van der Waals surface area contributed by atoms with E-state index in [4.69, 9.17) is 17.3 Å². The molecule has 0 saturated heterocycles. The number of carbonyl (C=O) groups excluding carboxylic acids is 1. The van der Waals surface area contributed by atoms with E-state index in [2.05, 4.69) is 11.9 Å². The number of nitrogens with zero attached hydrogens (tertiary/aromatic N) is 2. The molecule has 1 aromatic heterocycles. The van der Waals surface area contributed by atoms with Crippen LogP contribution < -0.4 is 5.73 Å². The minimum atomic E-state index is 0.000988. The van der Waals surface area contributed by atoms with Gasteiger partial charge in [-0.25, -0.2) is 4.98 Å². The van der Waals surface area contributed by atoms with Crippen LogP contribution in [0.3, 0.4) is 0 Å². The average molecular weight is 252 g/mol. The molecule has 1 amide bonds. The number of nitrogens with two attached hydrogens (primary N) is 1. The number of aromatic nitrogens is 1. The van der Waals surface area contributed by atoms with E-state index in [-0.39, 0.29) is 17.8 Å². The second kappa shape index (κ2) is 3.60. The van der Waals surface area contributed by atoms with Crippen LogP contribution >= 0.6 is 11.6 Å². The molecule has 0 spiro atoms. The van der Waals surface area contributed by atoms with E-state index in [0.29, 0.717) is 23.2 Å². The third-order valence-electron chi connectivity index (χ3n) is 3.71. The minimum Gasteiger partial charge on any atom is -0.383 e. The van der Waals surface area contributed by atoms with Gasteiger partial charge in [-0.2, -0.15) is 0 Å². The standard InChI is InChI=1S/C12H14ClN3O/c1-6(7-2-3-7)16-5-8-4-9(13)15-11(14)10(8)12(16)17/h4,6-7H,2-3,5H2,1H3,(H2,14,15)/t6-/m0/s1. The Labute approximate surface area is 105 Å². The zero-order chi connectivity index (χ0) is 12.2. The van der Waals surface area contributed by atoms with Crippen molar-refractivity contribution in [3.05, 3.63) is 22.3 Å². The summed E-state index contributed by atoms with van der Waals surface area (Å²) in [5, 5.41) is 0.356. The molecule has 2 aliphatic rings. The number of fused-ring (bicyclic) bond motifs is 1. The van der Waals surface area contributed by atoms with Gasteiger partial charge in [0, 0.05) is 12.6 Å². The lowest BCUT2D eigenvalue weighted by Gasteiger charge is -2.23. The molecule has 1 aliphatic carbocycles. The van der Waals surface area contributed by atoms with Gasteiger partial charge < -0.3 is 10.6 Å². The number of pyridine rings is 1. The molecule has 5 heteroatoms. The first-order valence-electron chi connectivity index (χ1n) is 5.84. The Bertz CT molecular complexity index is 499. The fourth-order valence-electron chi connectivity index (χ4n) is 2.52. The molecule has 0 radical (unpaired) electrons. The third kappa shape index (κ3) is 1.67. The second-order valence-corrected chi connectivity index (χ2v) is 5.26. The van der Waals surface area contributed by atoms with Gasteiger partial charge >= 0.3 is 0 Å². The Morgan fingerprint density at radius 1 is 1.59 bits per heavy atom. The van der Waals surface area contributed by atoms with E-state index in [0.717, 1.165) is 5.56 Å². The Balaban J connectivity index is 1.96. The molecule has 3 rings (SSSR count). The van der Waals surface area contributed by atoms with Crippen LogP contribution in [0.15, 0.2) is 6.07 Å². The molecule has 1 fully saturated rings. The highest BCUT2D eigenvalue weighted by molar-refractivity contribution is 6.29. The number of carbonyl (C=O) groups is 1.